The second kappa shape index (κ2) is 12.5. The minimum absolute atomic E-state index is 0.530. The Morgan fingerprint density at radius 3 is 1.88 bits per heavy atom. The summed E-state index contributed by atoms with van der Waals surface area (Å²) in [5, 5.41) is 0. The van der Waals surface area contributed by atoms with Gasteiger partial charge in [0.15, 0.2) is 0 Å². The molecule has 1 atom stereocenters. The van der Waals surface area contributed by atoms with Crippen LogP contribution in [0.5, 0.6) is 0 Å². The Balaban J connectivity index is 2.04. The van der Waals surface area contributed by atoms with Crippen LogP contribution in [0.2, 0.25) is 0 Å². The topological polar surface area (TPSA) is 36.4 Å². The maximum Gasteiger partial charge on any atom is 0.272 e. The van der Waals surface area contributed by atoms with E-state index in [1.807, 2.05) is 0 Å². The first-order valence-corrected chi connectivity index (χ1v) is 10.8. The molecule has 0 heterocycles. The van der Waals surface area contributed by atoms with Gasteiger partial charge in [-0.3, -0.25) is 0 Å². The molecule has 0 bridgehead atoms. The maximum atomic E-state index is 9.68. The summed E-state index contributed by atoms with van der Waals surface area (Å²) in [6.45, 7) is 0. The van der Waals surface area contributed by atoms with Crippen molar-refractivity contribution in [3.8, 4) is 0 Å². The number of allylic oxidation sites excluding steroid dienone is 2. The van der Waals surface area contributed by atoms with Crippen LogP contribution in [0.25, 0.3) is 5.53 Å². The molecule has 0 N–H and O–H groups in total. The molecule has 1 unspecified atom stereocenters. The largest absolute Gasteiger partial charge is 0.362 e. The monoisotopic (exact) mass is 330 g/mol. The van der Waals surface area contributed by atoms with E-state index in [4.69, 9.17) is 0 Å². The highest BCUT2D eigenvalue weighted by molar-refractivity contribution is 5.82. The van der Waals surface area contributed by atoms with Crippen molar-refractivity contribution < 1.29 is 4.79 Å². The van der Waals surface area contributed by atoms with Crippen molar-refractivity contribution in [3.63, 3.8) is 0 Å². The molecule has 136 valence electrons. The summed E-state index contributed by atoms with van der Waals surface area (Å²) in [7, 11) is 0. The van der Waals surface area contributed by atoms with Crippen LogP contribution in [0.1, 0.15) is 109 Å². The van der Waals surface area contributed by atoms with E-state index in [0.29, 0.717) is 5.92 Å². The lowest BCUT2D eigenvalue weighted by molar-refractivity contribution is -0.0200. The Hall–Kier alpha value is -0.880. The molecule has 0 spiro atoms. The molecule has 2 rings (SSSR count). The Labute approximate surface area is 149 Å². The zero-order valence-electron chi connectivity index (χ0n) is 15.7. The number of nitrogens with zero attached hydrogens (tertiary/aromatic N) is 2. The summed E-state index contributed by atoms with van der Waals surface area (Å²) in [5.41, 5.74) is 10.8. The molecule has 0 aromatic rings. The van der Waals surface area contributed by atoms with Gasteiger partial charge in [0.1, 0.15) is 0 Å². The molecule has 24 heavy (non-hydrogen) atoms. The molecule has 0 saturated heterocycles. The number of hydrogen-bond acceptors (Lipinski definition) is 0. The van der Waals surface area contributed by atoms with Gasteiger partial charge in [-0.15, -0.1) is 0 Å². The van der Waals surface area contributed by atoms with Crippen LogP contribution in [0.4, 0.5) is 0 Å². The number of rotatable bonds is 1. The van der Waals surface area contributed by atoms with Gasteiger partial charge in [-0.05, 0) is 44.4 Å². The highest BCUT2D eigenvalue weighted by Crippen LogP contribution is 2.32. The summed E-state index contributed by atoms with van der Waals surface area (Å²) in [4.78, 5) is 3.81. The molecule has 2 heteroatoms. The van der Waals surface area contributed by atoms with Crippen LogP contribution in [0.3, 0.4) is 0 Å². The van der Waals surface area contributed by atoms with E-state index in [1.165, 1.54) is 96.3 Å². The highest BCUT2D eigenvalue weighted by Gasteiger charge is 2.30. The zero-order chi connectivity index (χ0) is 16.9. The fourth-order valence-corrected chi connectivity index (χ4v) is 4.67. The quantitative estimate of drug-likeness (QED) is 0.279. The maximum absolute atomic E-state index is 9.68. The molecule has 1 fully saturated rings. The van der Waals surface area contributed by atoms with Gasteiger partial charge in [0.25, 0.3) is 5.71 Å². The number of hydrogen-bond donors (Lipinski definition) is 0. The van der Waals surface area contributed by atoms with Crippen molar-refractivity contribution in [2.45, 2.75) is 109 Å². The van der Waals surface area contributed by atoms with Gasteiger partial charge >= 0.3 is 0 Å². The SMILES string of the molecule is [N-]=[N+]=C1CCC=CCCCCCC1C1CCCCCCCCCC1. The molecule has 2 aliphatic rings. The van der Waals surface area contributed by atoms with Gasteiger partial charge in [0.2, 0.25) is 0 Å². The molecular weight excluding hydrogens is 292 g/mol. The van der Waals surface area contributed by atoms with Gasteiger partial charge in [-0.2, -0.15) is 4.79 Å². The average Bonchev–Trinajstić information content (AvgIpc) is 2.70. The van der Waals surface area contributed by atoms with E-state index < -0.39 is 0 Å². The third-order valence-corrected chi connectivity index (χ3v) is 6.15. The second-order valence-corrected chi connectivity index (χ2v) is 8.01. The Bertz CT molecular complexity index is 394. The summed E-state index contributed by atoms with van der Waals surface area (Å²) < 4.78 is 0. The first kappa shape index (κ1) is 19.4. The van der Waals surface area contributed by atoms with Crippen molar-refractivity contribution in [1.29, 1.82) is 0 Å². The lowest BCUT2D eigenvalue weighted by atomic mass is 9.77. The lowest BCUT2D eigenvalue weighted by Crippen LogP contribution is -2.25. The van der Waals surface area contributed by atoms with E-state index in [0.717, 1.165) is 24.5 Å². The van der Waals surface area contributed by atoms with Crippen LogP contribution in [0, 0.1) is 11.8 Å². The van der Waals surface area contributed by atoms with E-state index in [2.05, 4.69) is 16.9 Å². The fraction of sp³-hybridized carbons (Fsp3) is 0.864. The molecule has 2 aliphatic carbocycles. The smallest absolute Gasteiger partial charge is 0.272 e. The second-order valence-electron chi connectivity index (χ2n) is 8.01. The first-order valence-electron chi connectivity index (χ1n) is 10.8. The predicted octanol–water partition coefficient (Wildman–Crippen LogP) is 7.10. The normalized spacial score (nSPS) is 26.8. The predicted molar refractivity (Wildman–Crippen MR) is 103 cm³/mol. The third kappa shape index (κ3) is 7.34. The van der Waals surface area contributed by atoms with E-state index in [9.17, 15) is 5.53 Å². The molecule has 0 aromatic carbocycles. The van der Waals surface area contributed by atoms with Gasteiger partial charge in [0, 0.05) is 6.42 Å². The van der Waals surface area contributed by atoms with E-state index in [-0.39, 0.29) is 0 Å². The third-order valence-electron chi connectivity index (χ3n) is 6.15. The van der Waals surface area contributed by atoms with Crippen molar-refractivity contribution >= 4 is 5.71 Å². The molecular formula is C22H38N2. The Kier molecular flexibility index (Phi) is 10.1. The molecule has 0 amide bonds. The minimum atomic E-state index is 0.530. The highest BCUT2D eigenvalue weighted by atomic mass is 14.9. The average molecular weight is 331 g/mol. The summed E-state index contributed by atoms with van der Waals surface area (Å²) in [6.07, 6.45) is 27.0. The van der Waals surface area contributed by atoms with Crippen LogP contribution in [-0.4, -0.2) is 10.5 Å². The molecule has 1 saturated carbocycles. The van der Waals surface area contributed by atoms with Crippen molar-refractivity contribution in [1.82, 2.24) is 0 Å². The first-order chi connectivity index (χ1) is 11.9. The van der Waals surface area contributed by atoms with Gasteiger partial charge in [-0.1, -0.05) is 76.4 Å². The summed E-state index contributed by atoms with van der Waals surface area (Å²) >= 11 is 0. The Morgan fingerprint density at radius 1 is 0.667 bits per heavy atom. The molecule has 0 aromatic heterocycles. The van der Waals surface area contributed by atoms with Crippen molar-refractivity contribution in [3.05, 3.63) is 17.7 Å². The standard InChI is InChI=1S/C22H38N2/c23-24-22-19-15-11-7-3-6-10-14-18-21(22)20-16-12-8-4-1-2-5-9-13-17-20/h7,11,20-21H,1-6,8-10,12-19H2. The molecule has 2 nitrogen and oxygen atoms in total. The molecule has 0 aliphatic heterocycles. The fourth-order valence-electron chi connectivity index (χ4n) is 4.67. The van der Waals surface area contributed by atoms with Crippen LogP contribution in [0.15, 0.2) is 12.2 Å². The molecule has 0 radical (unpaired) electrons. The lowest BCUT2D eigenvalue weighted by Gasteiger charge is -2.24. The van der Waals surface area contributed by atoms with E-state index in [1.54, 1.807) is 0 Å². The van der Waals surface area contributed by atoms with Crippen molar-refractivity contribution in [2.75, 3.05) is 0 Å². The summed E-state index contributed by atoms with van der Waals surface area (Å²) in [6, 6.07) is 0. The Morgan fingerprint density at radius 2 is 1.21 bits per heavy atom. The van der Waals surface area contributed by atoms with Crippen molar-refractivity contribution in [2.24, 2.45) is 11.8 Å². The van der Waals surface area contributed by atoms with Gasteiger partial charge < -0.3 is 5.53 Å². The van der Waals surface area contributed by atoms with Gasteiger partial charge in [0.05, 0.1) is 5.92 Å². The van der Waals surface area contributed by atoms with Crippen LogP contribution < -0.4 is 0 Å². The van der Waals surface area contributed by atoms with Crippen LogP contribution >= 0.6 is 0 Å². The van der Waals surface area contributed by atoms with E-state index >= 15 is 0 Å². The van der Waals surface area contributed by atoms with Crippen LogP contribution in [-0.2, 0) is 0 Å². The minimum Gasteiger partial charge on any atom is -0.362 e. The summed E-state index contributed by atoms with van der Waals surface area (Å²) in [5.74, 6) is 1.28. The zero-order valence-corrected chi connectivity index (χ0v) is 15.7. The van der Waals surface area contributed by atoms with Gasteiger partial charge in [-0.25, -0.2) is 0 Å².